The molecule has 0 aliphatic carbocycles. The highest BCUT2D eigenvalue weighted by atomic mass is 35.5. The van der Waals surface area contributed by atoms with Crippen molar-refractivity contribution in [3.05, 3.63) is 63.6 Å². The molecule has 2 aromatic carbocycles. The first-order chi connectivity index (χ1) is 12.0. The molecular weight excluding hydrogens is 363 g/mol. The van der Waals surface area contributed by atoms with Gasteiger partial charge in [-0.2, -0.15) is 0 Å². The number of nitrogens with zero attached hydrogens (tertiary/aromatic N) is 1. The van der Waals surface area contributed by atoms with Gasteiger partial charge in [0.05, 0.1) is 23.8 Å². The molecular formula is C18H15Cl2N2O3. The van der Waals surface area contributed by atoms with Gasteiger partial charge in [0, 0.05) is 29.4 Å². The number of halogens is 2. The minimum Gasteiger partial charge on any atom is -0.378 e. The van der Waals surface area contributed by atoms with Gasteiger partial charge in [0.1, 0.15) is 0 Å². The van der Waals surface area contributed by atoms with Crippen molar-refractivity contribution in [3.63, 3.8) is 0 Å². The Morgan fingerprint density at radius 1 is 1.12 bits per heavy atom. The Hall–Kier alpha value is -2.08. The van der Waals surface area contributed by atoms with E-state index in [0.717, 1.165) is 0 Å². The van der Waals surface area contributed by atoms with Crippen LogP contribution in [-0.2, 0) is 4.74 Å². The quantitative estimate of drug-likeness (QED) is 0.889. The Labute approximate surface area is 155 Å². The summed E-state index contributed by atoms with van der Waals surface area (Å²) in [5, 5.41) is 3.43. The third-order valence-electron chi connectivity index (χ3n) is 3.77. The molecule has 0 unspecified atom stereocenters. The Balaban J connectivity index is 1.75. The molecule has 7 heteroatoms. The van der Waals surface area contributed by atoms with Crippen LogP contribution in [0.2, 0.25) is 10.0 Å². The molecule has 129 valence electrons. The van der Waals surface area contributed by atoms with Gasteiger partial charge in [-0.25, -0.2) is 0 Å². The van der Waals surface area contributed by atoms with E-state index in [4.69, 9.17) is 27.9 Å². The van der Waals surface area contributed by atoms with E-state index in [1.165, 1.54) is 6.07 Å². The molecule has 2 amide bonds. The number of hydrogen-bond donors (Lipinski definition) is 1. The van der Waals surface area contributed by atoms with Gasteiger partial charge in [-0.15, -0.1) is 0 Å². The summed E-state index contributed by atoms with van der Waals surface area (Å²) in [5.74, 6) is -0.494. The highest BCUT2D eigenvalue weighted by Crippen LogP contribution is 2.22. The minimum atomic E-state index is -0.383. The zero-order valence-corrected chi connectivity index (χ0v) is 14.7. The largest absolute Gasteiger partial charge is 0.378 e. The lowest BCUT2D eigenvalue weighted by atomic mass is 10.1. The maximum absolute atomic E-state index is 12.5. The number of ether oxygens (including phenoxy) is 1. The second-order valence-corrected chi connectivity index (χ2v) is 6.34. The maximum atomic E-state index is 12.5. The molecule has 5 nitrogen and oxygen atoms in total. The standard InChI is InChI=1S/C18H15Cl2N2O3/c19-13-4-5-15(16(20)11-13)17(23)21-14-3-1-2-12(10-14)18(24)22-6-8-25-9-7-22/h2-5,10-11H,6-9H2,(H,21,23). The molecule has 25 heavy (non-hydrogen) atoms. The Morgan fingerprint density at radius 3 is 2.60 bits per heavy atom. The summed E-state index contributed by atoms with van der Waals surface area (Å²) >= 11 is 11.9. The second kappa shape index (κ2) is 7.87. The van der Waals surface area contributed by atoms with Gasteiger partial charge in [0.2, 0.25) is 0 Å². The molecule has 0 spiro atoms. The molecule has 1 aliphatic heterocycles. The Bertz CT molecular complexity index is 805. The number of rotatable bonds is 3. The zero-order valence-electron chi connectivity index (χ0n) is 13.2. The lowest BCUT2D eigenvalue weighted by molar-refractivity contribution is 0.0303. The van der Waals surface area contributed by atoms with Crippen molar-refractivity contribution in [3.8, 4) is 0 Å². The summed E-state index contributed by atoms with van der Waals surface area (Å²) in [6.07, 6.45) is 0. The van der Waals surface area contributed by atoms with E-state index in [9.17, 15) is 9.59 Å². The molecule has 1 N–H and O–H groups in total. The van der Waals surface area contributed by atoms with Crippen LogP contribution in [0.25, 0.3) is 0 Å². The average molecular weight is 378 g/mol. The first-order valence-electron chi connectivity index (χ1n) is 7.69. The predicted molar refractivity (Wildman–Crippen MR) is 96.4 cm³/mol. The highest BCUT2D eigenvalue weighted by Gasteiger charge is 2.19. The normalized spacial score (nSPS) is 14.2. The number of amides is 2. The Kier molecular flexibility index (Phi) is 5.58. The number of carbonyl (C=O) groups excluding carboxylic acids is 2. The molecule has 1 saturated heterocycles. The fourth-order valence-corrected chi connectivity index (χ4v) is 2.98. The molecule has 0 atom stereocenters. The van der Waals surface area contributed by atoms with Gasteiger partial charge in [-0.3, -0.25) is 9.59 Å². The van der Waals surface area contributed by atoms with E-state index >= 15 is 0 Å². The van der Waals surface area contributed by atoms with Crippen LogP contribution in [0, 0.1) is 6.07 Å². The van der Waals surface area contributed by atoms with Crippen LogP contribution in [0.1, 0.15) is 20.7 Å². The number of morpholine rings is 1. The fraction of sp³-hybridized carbons (Fsp3) is 0.222. The first kappa shape index (κ1) is 17.7. The minimum absolute atomic E-state index is 0.111. The van der Waals surface area contributed by atoms with Crippen molar-refractivity contribution in [2.24, 2.45) is 0 Å². The van der Waals surface area contributed by atoms with Gasteiger partial charge < -0.3 is 15.0 Å². The van der Waals surface area contributed by atoms with Crippen LogP contribution in [-0.4, -0.2) is 43.0 Å². The van der Waals surface area contributed by atoms with E-state index in [1.807, 2.05) is 0 Å². The summed E-state index contributed by atoms with van der Waals surface area (Å²) in [6.45, 7) is 2.16. The number of benzene rings is 2. The molecule has 0 aromatic heterocycles. The average Bonchev–Trinajstić information content (AvgIpc) is 2.62. The topological polar surface area (TPSA) is 58.6 Å². The van der Waals surface area contributed by atoms with Crippen molar-refractivity contribution in [1.82, 2.24) is 4.90 Å². The maximum Gasteiger partial charge on any atom is 0.257 e. The van der Waals surface area contributed by atoms with E-state index in [1.54, 1.807) is 35.2 Å². The van der Waals surface area contributed by atoms with Crippen LogP contribution >= 0.6 is 23.2 Å². The van der Waals surface area contributed by atoms with Gasteiger partial charge >= 0.3 is 0 Å². The lowest BCUT2D eigenvalue weighted by Gasteiger charge is -2.27. The number of hydrogen-bond acceptors (Lipinski definition) is 3. The van der Waals surface area contributed by atoms with Crippen molar-refractivity contribution >= 4 is 40.7 Å². The van der Waals surface area contributed by atoms with Crippen LogP contribution < -0.4 is 5.32 Å². The number of nitrogens with one attached hydrogen (secondary N) is 1. The molecule has 1 aliphatic rings. The van der Waals surface area contributed by atoms with Crippen molar-refractivity contribution in [2.45, 2.75) is 0 Å². The smallest absolute Gasteiger partial charge is 0.257 e. The summed E-state index contributed by atoms with van der Waals surface area (Å²) in [6, 6.07) is 12.3. The molecule has 1 heterocycles. The van der Waals surface area contributed by atoms with Crippen molar-refractivity contribution < 1.29 is 14.3 Å². The Morgan fingerprint density at radius 2 is 1.88 bits per heavy atom. The van der Waals surface area contributed by atoms with Crippen molar-refractivity contribution in [2.75, 3.05) is 31.6 Å². The number of carbonyl (C=O) groups is 2. The summed E-state index contributed by atoms with van der Waals surface area (Å²) in [5.41, 5.74) is 1.23. The third-order valence-corrected chi connectivity index (χ3v) is 4.32. The predicted octanol–water partition coefficient (Wildman–Crippen LogP) is 3.52. The molecule has 1 fully saturated rings. The first-order valence-corrected chi connectivity index (χ1v) is 8.45. The lowest BCUT2D eigenvalue weighted by Crippen LogP contribution is -2.40. The van der Waals surface area contributed by atoms with Gasteiger partial charge in [0.15, 0.2) is 0 Å². The fourth-order valence-electron chi connectivity index (χ4n) is 2.49. The summed E-state index contributed by atoms with van der Waals surface area (Å²) in [4.78, 5) is 26.6. The van der Waals surface area contributed by atoms with Crippen LogP contribution in [0.4, 0.5) is 5.69 Å². The van der Waals surface area contributed by atoms with E-state index in [2.05, 4.69) is 11.4 Å². The second-order valence-electron chi connectivity index (χ2n) is 5.49. The highest BCUT2D eigenvalue weighted by molar-refractivity contribution is 6.37. The zero-order chi connectivity index (χ0) is 17.8. The van der Waals surface area contributed by atoms with Crippen LogP contribution in [0.15, 0.2) is 36.4 Å². The van der Waals surface area contributed by atoms with Crippen molar-refractivity contribution in [1.29, 1.82) is 0 Å². The number of anilines is 1. The van der Waals surface area contributed by atoms with Crippen LogP contribution in [0.3, 0.4) is 0 Å². The third kappa shape index (κ3) is 4.31. The molecule has 3 rings (SSSR count). The van der Waals surface area contributed by atoms with E-state index in [0.29, 0.717) is 48.1 Å². The molecule has 2 aromatic rings. The van der Waals surface area contributed by atoms with Gasteiger partial charge in [0.25, 0.3) is 11.8 Å². The molecule has 0 saturated carbocycles. The summed E-state index contributed by atoms with van der Waals surface area (Å²) in [7, 11) is 0. The van der Waals surface area contributed by atoms with E-state index in [-0.39, 0.29) is 16.8 Å². The van der Waals surface area contributed by atoms with E-state index < -0.39 is 0 Å². The molecule has 1 radical (unpaired) electrons. The van der Waals surface area contributed by atoms with Gasteiger partial charge in [-0.05, 0) is 42.5 Å². The van der Waals surface area contributed by atoms with Gasteiger partial charge in [-0.1, -0.05) is 23.2 Å². The monoisotopic (exact) mass is 377 g/mol. The SMILES string of the molecule is O=C(Nc1c[c]cc(C(=O)N2CCOCC2)c1)c1ccc(Cl)cc1Cl. The summed E-state index contributed by atoms with van der Waals surface area (Å²) < 4.78 is 5.25. The molecule has 0 bridgehead atoms. The van der Waals surface area contributed by atoms with Crippen LogP contribution in [0.5, 0.6) is 0 Å².